The number of aliphatic hydroxyl groups excluding tert-OH is 2. The van der Waals surface area contributed by atoms with E-state index >= 15 is 0 Å². The number of aliphatic hydroxyl groups is 2. The summed E-state index contributed by atoms with van der Waals surface area (Å²) in [5.74, 6) is 1.29. The molecule has 2 aliphatic rings. The Morgan fingerprint density at radius 1 is 1.30 bits per heavy atom. The second-order valence-corrected chi connectivity index (χ2v) is 8.10. The number of benzene rings is 1. The molecule has 0 amide bonds. The number of rotatable bonds is 3. The largest absolute Gasteiger partial charge is 0.496 e. The van der Waals surface area contributed by atoms with Crippen molar-refractivity contribution in [1.29, 1.82) is 0 Å². The lowest BCUT2D eigenvalue weighted by Crippen LogP contribution is -2.50. The summed E-state index contributed by atoms with van der Waals surface area (Å²) in [6.07, 6.45) is 5.06. The SMILES string of the molecule is COc1cc2c(cc1C(C)O)CC[C@H]1[C@@](C)(CO)CCC[C@]21C. The molecule has 0 saturated heterocycles. The van der Waals surface area contributed by atoms with E-state index in [1.54, 1.807) is 14.0 Å². The highest BCUT2D eigenvalue weighted by atomic mass is 16.5. The predicted octanol–water partition coefficient (Wildman–Crippen LogP) is 3.75. The zero-order chi connectivity index (χ0) is 16.8. The number of methoxy groups -OCH3 is 1. The minimum Gasteiger partial charge on any atom is -0.496 e. The molecule has 3 nitrogen and oxygen atoms in total. The molecule has 2 aliphatic carbocycles. The van der Waals surface area contributed by atoms with Gasteiger partial charge in [-0.1, -0.05) is 20.3 Å². The van der Waals surface area contributed by atoms with Gasteiger partial charge in [0.05, 0.1) is 13.2 Å². The van der Waals surface area contributed by atoms with Crippen molar-refractivity contribution in [1.82, 2.24) is 0 Å². The van der Waals surface area contributed by atoms with Crippen LogP contribution >= 0.6 is 0 Å². The Hall–Kier alpha value is -1.06. The highest BCUT2D eigenvalue weighted by molar-refractivity contribution is 5.49. The maximum Gasteiger partial charge on any atom is 0.124 e. The van der Waals surface area contributed by atoms with E-state index in [-0.39, 0.29) is 17.4 Å². The van der Waals surface area contributed by atoms with E-state index in [4.69, 9.17) is 4.74 Å². The molecule has 1 unspecified atom stereocenters. The van der Waals surface area contributed by atoms with Gasteiger partial charge >= 0.3 is 0 Å². The molecule has 1 aromatic rings. The molecule has 0 bridgehead atoms. The molecule has 0 radical (unpaired) electrons. The van der Waals surface area contributed by atoms with Crippen LogP contribution < -0.4 is 4.74 Å². The molecule has 23 heavy (non-hydrogen) atoms. The zero-order valence-electron chi connectivity index (χ0n) is 14.9. The maximum absolute atomic E-state index is 10.0. The van der Waals surface area contributed by atoms with Crippen molar-refractivity contribution in [3.63, 3.8) is 0 Å². The number of aryl methyl sites for hydroxylation is 1. The first-order chi connectivity index (χ1) is 10.9. The Bertz CT molecular complexity index is 595. The maximum atomic E-state index is 10.0. The fourth-order valence-electron chi connectivity index (χ4n) is 5.34. The molecular formula is C20H30O3. The molecule has 0 spiro atoms. The molecule has 4 atom stereocenters. The first kappa shape index (κ1) is 16.8. The second kappa shape index (κ2) is 5.78. The van der Waals surface area contributed by atoms with Crippen molar-refractivity contribution >= 4 is 0 Å². The highest BCUT2D eigenvalue weighted by Crippen LogP contribution is 2.57. The fraction of sp³-hybridized carbons (Fsp3) is 0.700. The van der Waals surface area contributed by atoms with E-state index < -0.39 is 6.10 Å². The standard InChI is InChI=1S/C20H30O3/c1-13(22)15-10-14-6-7-18-19(2,12-21)8-5-9-20(18,3)16(14)11-17(15)23-4/h10-11,13,18,21-22H,5-9,12H2,1-4H3/t13?,18-,19+,20+/m0/s1. The Kier molecular flexibility index (Phi) is 4.22. The van der Waals surface area contributed by atoms with Crippen LogP contribution in [0.15, 0.2) is 12.1 Å². The average Bonchev–Trinajstić information content (AvgIpc) is 2.53. The van der Waals surface area contributed by atoms with Gasteiger partial charge < -0.3 is 14.9 Å². The lowest BCUT2D eigenvalue weighted by atomic mass is 9.50. The van der Waals surface area contributed by atoms with E-state index in [1.807, 2.05) is 0 Å². The second-order valence-electron chi connectivity index (χ2n) is 8.10. The van der Waals surface area contributed by atoms with Crippen molar-refractivity contribution in [3.8, 4) is 5.75 Å². The van der Waals surface area contributed by atoms with Gasteiger partial charge in [-0.3, -0.25) is 0 Å². The van der Waals surface area contributed by atoms with E-state index in [0.29, 0.717) is 5.92 Å². The predicted molar refractivity (Wildman–Crippen MR) is 91.8 cm³/mol. The number of hydrogen-bond acceptors (Lipinski definition) is 3. The van der Waals surface area contributed by atoms with Crippen LogP contribution in [0.4, 0.5) is 0 Å². The molecule has 1 aromatic carbocycles. The molecule has 3 rings (SSSR count). The third-order valence-electron chi connectivity index (χ3n) is 6.64. The molecule has 1 saturated carbocycles. The topological polar surface area (TPSA) is 49.7 Å². The quantitative estimate of drug-likeness (QED) is 0.892. The van der Waals surface area contributed by atoms with E-state index in [2.05, 4.69) is 26.0 Å². The molecule has 128 valence electrons. The Morgan fingerprint density at radius 2 is 2.04 bits per heavy atom. The summed E-state index contributed by atoms with van der Waals surface area (Å²) in [7, 11) is 1.68. The normalized spacial score (nSPS) is 34.4. The zero-order valence-corrected chi connectivity index (χ0v) is 14.9. The van der Waals surface area contributed by atoms with Gasteiger partial charge in [0.2, 0.25) is 0 Å². The lowest BCUT2D eigenvalue weighted by molar-refractivity contribution is -0.0180. The van der Waals surface area contributed by atoms with Crippen LogP contribution in [-0.4, -0.2) is 23.9 Å². The Labute approximate surface area is 139 Å². The first-order valence-corrected chi connectivity index (χ1v) is 8.86. The van der Waals surface area contributed by atoms with Crippen LogP contribution in [0.5, 0.6) is 5.75 Å². The van der Waals surface area contributed by atoms with Crippen molar-refractivity contribution in [2.24, 2.45) is 11.3 Å². The summed E-state index contributed by atoms with van der Waals surface area (Å²) in [6, 6.07) is 4.30. The first-order valence-electron chi connectivity index (χ1n) is 8.86. The van der Waals surface area contributed by atoms with Crippen LogP contribution in [0.25, 0.3) is 0 Å². The highest BCUT2D eigenvalue weighted by Gasteiger charge is 2.51. The summed E-state index contributed by atoms with van der Waals surface area (Å²) in [6.45, 7) is 6.68. The average molecular weight is 318 g/mol. The van der Waals surface area contributed by atoms with E-state index in [0.717, 1.165) is 43.4 Å². The minimum absolute atomic E-state index is 0.0147. The lowest BCUT2D eigenvalue weighted by Gasteiger charge is -2.55. The molecule has 0 aromatic heterocycles. The van der Waals surface area contributed by atoms with Crippen molar-refractivity contribution < 1.29 is 14.9 Å². The Morgan fingerprint density at radius 3 is 2.65 bits per heavy atom. The van der Waals surface area contributed by atoms with Gasteiger partial charge in [-0.25, -0.2) is 0 Å². The summed E-state index contributed by atoms with van der Waals surface area (Å²) in [5.41, 5.74) is 3.71. The number of ether oxygens (including phenoxy) is 1. The molecule has 0 aliphatic heterocycles. The van der Waals surface area contributed by atoms with Gasteiger partial charge in [-0.2, -0.15) is 0 Å². The number of hydrogen-bond donors (Lipinski definition) is 2. The Balaban J connectivity index is 2.12. The van der Waals surface area contributed by atoms with Gasteiger partial charge in [0.15, 0.2) is 0 Å². The molecular weight excluding hydrogens is 288 g/mol. The third kappa shape index (κ3) is 2.49. The van der Waals surface area contributed by atoms with Gasteiger partial charge in [-0.05, 0) is 72.6 Å². The van der Waals surface area contributed by atoms with Gasteiger partial charge in [-0.15, -0.1) is 0 Å². The van der Waals surface area contributed by atoms with Crippen molar-refractivity contribution in [2.45, 2.75) is 64.4 Å². The van der Waals surface area contributed by atoms with E-state index in [9.17, 15) is 10.2 Å². The summed E-state index contributed by atoms with van der Waals surface area (Å²) in [4.78, 5) is 0. The number of fused-ring (bicyclic) bond motifs is 3. The van der Waals surface area contributed by atoms with Crippen LogP contribution in [0, 0.1) is 11.3 Å². The third-order valence-corrected chi connectivity index (χ3v) is 6.64. The minimum atomic E-state index is -0.519. The van der Waals surface area contributed by atoms with Gasteiger partial charge in [0.25, 0.3) is 0 Å². The van der Waals surface area contributed by atoms with Crippen molar-refractivity contribution in [3.05, 3.63) is 28.8 Å². The summed E-state index contributed by atoms with van der Waals surface area (Å²) in [5, 5.41) is 20.1. The summed E-state index contributed by atoms with van der Waals surface area (Å²) >= 11 is 0. The van der Waals surface area contributed by atoms with Crippen LogP contribution in [0.3, 0.4) is 0 Å². The van der Waals surface area contributed by atoms with Crippen LogP contribution in [0.1, 0.15) is 69.2 Å². The molecule has 0 heterocycles. The van der Waals surface area contributed by atoms with Crippen LogP contribution in [0.2, 0.25) is 0 Å². The molecule has 1 fully saturated rings. The van der Waals surface area contributed by atoms with Crippen molar-refractivity contribution in [2.75, 3.05) is 13.7 Å². The molecule has 2 N–H and O–H groups in total. The summed E-state index contributed by atoms with van der Waals surface area (Å²) < 4.78 is 5.57. The monoisotopic (exact) mass is 318 g/mol. The smallest absolute Gasteiger partial charge is 0.124 e. The van der Waals surface area contributed by atoms with Gasteiger partial charge in [0, 0.05) is 12.2 Å². The molecule has 3 heteroatoms. The van der Waals surface area contributed by atoms with E-state index in [1.165, 1.54) is 11.1 Å². The van der Waals surface area contributed by atoms with Gasteiger partial charge in [0.1, 0.15) is 5.75 Å². The fourth-order valence-corrected chi connectivity index (χ4v) is 5.34. The van der Waals surface area contributed by atoms with Crippen LogP contribution in [-0.2, 0) is 11.8 Å².